The van der Waals surface area contributed by atoms with E-state index in [1.54, 1.807) is 6.07 Å². The van der Waals surface area contributed by atoms with Gasteiger partial charge in [0.05, 0.1) is 24.6 Å². The molecule has 2 aromatic rings. The number of fused-ring (bicyclic) bond motifs is 1. The third kappa shape index (κ3) is 1.63. The van der Waals surface area contributed by atoms with Crippen LogP contribution in [0.3, 0.4) is 0 Å². The summed E-state index contributed by atoms with van der Waals surface area (Å²) >= 11 is 0. The van der Waals surface area contributed by atoms with Gasteiger partial charge in [0.25, 0.3) is 0 Å². The molecule has 5 nitrogen and oxygen atoms in total. The van der Waals surface area contributed by atoms with Crippen LogP contribution in [-0.2, 0) is 0 Å². The van der Waals surface area contributed by atoms with E-state index in [4.69, 9.17) is 15.6 Å². The van der Waals surface area contributed by atoms with Gasteiger partial charge in [0.15, 0.2) is 0 Å². The quantitative estimate of drug-likeness (QED) is 0.798. The topological polar surface area (TPSA) is 85.4 Å². The van der Waals surface area contributed by atoms with Crippen LogP contribution in [0.25, 0.3) is 10.9 Å². The van der Waals surface area contributed by atoms with Gasteiger partial charge in [-0.1, -0.05) is 0 Å². The predicted octanol–water partition coefficient (Wildman–Crippen LogP) is 1.52. The number of carboxylic acid groups (broad SMARTS) is 1. The number of ether oxygens (including phenoxy) is 1. The number of hydrogen-bond donors (Lipinski definition) is 2. The number of methoxy groups -OCH3 is 1. The molecule has 0 aliphatic heterocycles. The Labute approximate surface area is 91.5 Å². The number of carboxylic acids is 1. The van der Waals surface area contributed by atoms with Gasteiger partial charge < -0.3 is 15.6 Å². The first-order chi connectivity index (χ1) is 7.61. The van der Waals surface area contributed by atoms with Gasteiger partial charge in [0.2, 0.25) is 0 Å². The van der Waals surface area contributed by atoms with Crippen LogP contribution in [0.15, 0.2) is 24.4 Å². The van der Waals surface area contributed by atoms with Crippen LogP contribution in [0.4, 0.5) is 5.69 Å². The van der Waals surface area contributed by atoms with Crippen LogP contribution >= 0.6 is 0 Å². The molecule has 1 aromatic carbocycles. The fraction of sp³-hybridized carbons (Fsp3) is 0.0909. The Balaban J connectivity index is 2.78. The number of aromatic nitrogens is 1. The van der Waals surface area contributed by atoms with Crippen molar-refractivity contribution in [3.8, 4) is 5.75 Å². The molecule has 0 radical (unpaired) electrons. The lowest BCUT2D eigenvalue weighted by molar-refractivity contribution is 0.0696. The van der Waals surface area contributed by atoms with Crippen molar-refractivity contribution in [3.63, 3.8) is 0 Å². The van der Waals surface area contributed by atoms with E-state index in [9.17, 15) is 4.79 Å². The van der Waals surface area contributed by atoms with Gasteiger partial charge in [0, 0.05) is 5.39 Å². The summed E-state index contributed by atoms with van der Waals surface area (Å²) in [6.45, 7) is 0. The second-order valence-electron chi connectivity index (χ2n) is 3.32. The summed E-state index contributed by atoms with van der Waals surface area (Å²) in [5.74, 6) is -0.586. The highest BCUT2D eigenvalue weighted by atomic mass is 16.5. The van der Waals surface area contributed by atoms with E-state index in [1.165, 1.54) is 25.4 Å². The lowest BCUT2D eigenvalue weighted by Crippen LogP contribution is -1.99. The normalized spacial score (nSPS) is 10.3. The SMILES string of the molecule is COc1cc(C(=O)O)cc2cc(N)cnc12. The average molecular weight is 218 g/mol. The van der Waals surface area contributed by atoms with Crippen molar-refractivity contribution in [2.45, 2.75) is 0 Å². The van der Waals surface area contributed by atoms with E-state index in [0.717, 1.165) is 0 Å². The average Bonchev–Trinajstić information content (AvgIpc) is 2.26. The van der Waals surface area contributed by atoms with E-state index in [1.807, 2.05) is 0 Å². The summed E-state index contributed by atoms with van der Waals surface area (Å²) < 4.78 is 5.09. The molecular formula is C11H10N2O3. The number of nitrogens with zero attached hydrogens (tertiary/aromatic N) is 1. The maximum absolute atomic E-state index is 10.9. The fourth-order valence-electron chi connectivity index (χ4n) is 1.51. The van der Waals surface area contributed by atoms with E-state index < -0.39 is 5.97 Å². The van der Waals surface area contributed by atoms with Gasteiger partial charge in [-0.2, -0.15) is 0 Å². The number of nitrogen functional groups attached to an aromatic ring is 1. The molecule has 5 heteroatoms. The summed E-state index contributed by atoms with van der Waals surface area (Å²) in [7, 11) is 1.47. The lowest BCUT2D eigenvalue weighted by Gasteiger charge is -2.06. The number of hydrogen-bond acceptors (Lipinski definition) is 4. The van der Waals surface area contributed by atoms with E-state index in [2.05, 4.69) is 4.98 Å². The Morgan fingerprint density at radius 3 is 2.81 bits per heavy atom. The van der Waals surface area contributed by atoms with Crippen molar-refractivity contribution >= 4 is 22.6 Å². The Hall–Kier alpha value is -2.30. The summed E-state index contributed by atoms with van der Waals surface area (Å²) in [6.07, 6.45) is 1.51. The van der Waals surface area contributed by atoms with Crippen LogP contribution in [0.5, 0.6) is 5.75 Å². The molecule has 0 aliphatic carbocycles. The first kappa shape index (κ1) is 10.2. The first-order valence-electron chi connectivity index (χ1n) is 4.58. The zero-order valence-electron chi connectivity index (χ0n) is 8.60. The molecule has 0 saturated carbocycles. The minimum absolute atomic E-state index is 0.150. The number of rotatable bonds is 2. The number of anilines is 1. The lowest BCUT2D eigenvalue weighted by atomic mass is 10.1. The van der Waals surface area contributed by atoms with Gasteiger partial charge in [-0.15, -0.1) is 0 Å². The molecule has 0 spiro atoms. The molecule has 82 valence electrons. The molecule has 1 aromatic heterocycles. The van der Waals surface area contributed by atoms with Gasteiger partial charge in [-0.25, -0.2) is 4.79 Å². The zero-order chi connectivity index (χ0) is 11.7. The predicted molar refractivity (Wildman–Crippen MR) is 59.7 cm³/mol. The Morgan fingerprint density at radius 1 is 1.44 bits per heavy atom. The number of nitrogens with two attached hydrogens (primary N) is 1. The summed E-state index contributed by atoms with van der Waals surface area (Å²) in [4.78, 5) is 15.0. The fourth-order valence-corrected chi connectivity index (χ4v) is 1.51. The zero-order valence-corrected chi connectivity index (χ0v) is 8.60. The van der Waals surface area contributed by atoms with Crippen molar-refractivity contribution in [1.29, 1.82) is 0 Å². The molecule has 0 unspecified atom stereocenters. The van der Waals surface area contributed by atoms with Crippen molar-refractivity contribution in [2.75, 3.05) is 12.8 Å². The molecule has 0 amide bonds. The highest BCUT2D eigenvalue weighted by Crippen LogP contribution is 2.26. The number of pyridine rings is 1. The minimum Gasteiger partial charge on any atom is -0.494 e. The van der Waals surface area contributed by atoms with Gasteiger partial charge in [0.1, 0.15) is 11.3 Å². The largest absolute Gasteiger partial charge is 0.494 e. The second-order valence-corrected chi connectivity index (χ2v) is 3.32. The third-order valence-corrected chi connectivity index (χ3v) is 2.24. The van der Waals surface area contributed by atoms with Gasteiger partial charge in [-0.3, -0.25) is 4.98 Å². The summed E-state index contributed by atoms with van der Waals surface area (Å²) in [5, 5.41) is 9.58. The molecule has 0 fully saturated rings. The number of aromatic carboxylic acids is 1. The molecule has 0 saturated heterocycles. The standard InChI is InChI=1S/C11H10N2O3/c1-16-9-4-7(11(14)15)2-6-3-8(12)5-13-10(6)9/h2-5H,12H2,1H3,(H,14,15). The number of benzene rings is 1. The Bertz CT molecular complexity index is 566. The van der Waals surface area contributed by atoms with Crippen LogP contribution < -0.4 is 10.5 Å². The van der Waals surface area contributed by atoms with Crippen molar-refractivity contribution in [2.24, 2.45) is 0 Å². The van der Waals surface area contributed by atoms with Crippen molar-refractivity contribution in [3.05, 3.63) is 30.0 Å². The maximum Gasteiger partial charge on any atom is 0.335 e. The molecular weight excluding hydrogens is 208 g/mol. The molecule has 0 atom stereocenters. The second kappa shape index (κ2) is 3.69. The first-order valence-corrected chi connectivity index (χ1v) is 4.58. The minimum atomic E-state index is -1.01. The highest BCUT2D eigenvalue weighted by molar-refractivity contribution is 5.96. The molecule has 1 heterocycles. The molecule has 2 rings (SSSR count). The van der Waals surface area contributed by atoms with Gasteiger partial charge in [-0.05, 0) is 18.2 Å². The Kier molecular flexibility index (Phi) is 2.36. The molecule has 0 bridgehead atoms. The maximum atomic E-state index is 10.9. The van der Waals surface area contributed by atoms with Crippen LogP contribution in [-0.4, -0.2) is 23.2 Å². The number of carbonyl (C=O) groups is 1. The van der Waals surface area contributed by atoms with Crippen LogP contribution in [0.1, 0.15) is 10.4 Å². The highest BCUT2D eigenvalue weighted by Gasteiger charge is 2.10. The van der Waals surface area contributed by atoms with E-state index in [0.29, 0.717) is 22.3 Å². The molecule has 3 N–H and O–H groups in total. The van der Waals surface area contributed by atoms with Gasteiger partial charge >= 0.3 is 5.97 Å². The van der Waals surface area contributed by atoms with Crippen LogP contribution in [0, 0.1) is 0 Å². The monoisotopic (exact) mass is 218 g/mol. The smallest absolute Gasteiger partial charge is 0.335 e. The molecule has 16 heavy (non-hydrogen) atoms. The van der Waals surface area contributed by atoms with E-state index in [-0.39, 0.29) is 5.56 Å². The van der Waals surface area contributed by atoms with Crippen molar-refractivity contribution < 1.29 is 14.6 Å². The third-order valence-electron chi connectivity index (χ3n) is 2.24. The summed E-state index contributed by atoms with van der Waals surface area (Å²) in [5.41, 5.74) is 6.82. The molecule has 0 aliphatic rings. The van der Waals surface area contributed by atoms with Crippen LogP contribution in [0.2, 0.25) is 0 Å². The van der Waals surface area contributed by atoms with E-state index >= 15 is 0 Å². The Morgan fingerprint density at radius 2 is 2.19 bits per heavy atom. The summed E-state index contributed by atoms with van der Waals surface area (Å²) in [6, 6.07) is 4.62. The van der Waals surface area contributed by atoms with Crippen molar-refractivity contribution in [1.82, 2.24) is 4.98 Å².